The van der Waals surface area contributed by atoms with Gasteiger partial charge in [0.2, 0.25) is 0 Å². The number of aromatic nitrogens is 1. The summed E-state index contributed by atoms with van der Waals surface area (Å²) in [7, 11) is 1.65. The normalized spacial score (nSPS) is 12.7. The van der Waals surface area contributed by atoms with E-state index in [4.69, 9.17) is 15.0 Å². The predicted molar refractivity (Wildman–Crippen MR) is 76.2 cm³/mol. The van der Waals surface area contributed by atoms with Crippen molar-refractivity contribution in [2.45, 2.75) is 26.7 Å². The molecule has 1 atom stereocenters. The Balaban J connectivity index is 2.52. The third-order valence-corrected chi connectivity index (χ3v) is 3.52. The van der Waals surface area contributed by atoms with Crippen molar-refractivity contribution in [3.8, 4) is 16.9 Å². The summed E-state index contributed by atoms with van der Waals surface area (Å²) in [5.41, 5.74) is 7.81. The number of rotatable bonds is 4. The molecule has 2 N–H and O–H groups in total. The van der Waals surface area contributed by atoms with Crippen LogP contribution in [-0.4, -0.2) is 12.3 Å². The number of hydrogen-bond acceptors (Lipinski definition) is 4. The molecule has 102 valence electrons. The van der Waals surface area contributed by atoms with Gasteiger partial charge in [-0.1, -0.05) is 38.1 Å². The third-order valence-electron chi connectivity index (χ3n) is 3.52. The molecule has 0 spiro atoms. The van der Waals surface area contributed by atoms with E-state index >= 15 is 0 Å². The van der Waals surface area contributed by atoms with Crippen molar-refractivity contribution in [3.63, 3.8) is 0 Å². The molecule has 19 heavy (non-hydrogen) atoms. The molecule has 0 aliphatic rings. The minimum Gasteiger partial charge on any atom is -0.497 e. The maximum atomic E-state index is 5.96. The molecule has 0 aliphatic heterocycles. The molecule has 1 unspecified atom stereocenters. The largest absolute Gasteiger partial charge is 0.497 e. The average molecular weight is 260 g/mol. The molecule has 0 amide bonds. The van der Waals surface area contributed by atoms with Gasteiger partial charge in [-0.25, -0.2) is 0 Å². The number of nitrogens with two attached hydrogens (primary N) is 1. The lowest BCUT2D eigenvalue weighted by Gasteiger charge is -2.14. The Bertz CT molecular complexity index is 561. The smallest absolute Gasteiger partial charge is 0.175 e. The number of hydrogen-bond donors (Lipinski definition) is 1. The van der Waals surface area contributed by atoms with Gasteiger partial charge in [0, 0.05) is 5.92 Å². The van der Waals surface area contributed by atoms with Crippen molar-refractivity contribution in [1.29, 1.82) is 0 Å². The molecule has 0 saturated heterocycles. The Labute approximate surface area is 113 Å². The number of nitrogens with zero attached hydrogens (tertiary/aromatic N) is 1. The van der Waals surface area contributed by atoms with E-state index in [2.05, 4.69) is 25.9 Å². The van der Waals surface area contributed by atoms with Crippen molar-refractivity contribution < 1.29 is 9.26 Å². The summed E-state index contributed by atoms with van der Waals surface area (Å²) >= 11 is 0. The molecule has 0 saturated carbocycles. The Kier molecular flexibility index (Phi) is 3.79. The second-order valence-corrected chi connectivity index (χ2v) is 5.07. The first-order chi connectivity index (χ1) is 9.04. The van der Waals surface area contributed by atoms with E-state index in [-0.39, 0.29) is 5.92 Å². The van der Waals surface area contributed by atoms with Crippen LogP contribution in [0.15, 0.2) is 28.8 Å². The molecule has 1 aromatic carbocycles. The van der Waals surface area contributed by atoms with Gasteiger partial charge >= 0.3 is 0 Å². The number of benzene rings is 1. The number of ether oxygens (including phenoxy) is 1. The van der Waals surface area contributed by atoms with Crippen molar-refractivity contribution in [2.75, 3.05) is 12.8 Å². The summed E-state index contributed by atoms with van der Waals surface area (Å²) in [6.07, 6.45) is 0. The van der Waals surface area contributed by atoms with Gasteiger partial charge < -0.3 is 15.0 Å². The fraction of sp³-hybridized carbons (Fsp3) is 0.400. The van der Waals surface area contributed by atoms with Crippen LogP contribution in [0, 0.1) is 5.92 Å². The highest BCUT2D eigenvalue weighted by molar-refractivity contribution is 5.76. The lowest BCUT2D eigenvalue weighted by molar-refractivity contribution is 0.341. The van der Waals surface area contributed by atoms with Crippen molar-refractivity contribution in [3.05, 3.63) is 30.0 Å². The molecule has 4 heteroatoms. The number of methoxy groups -OCH3 is 1. The Morgan fingerprint density at radius 2 is 2.00 bits per heavy atom. The molecule has 0 bridgehead atoms. The Morgan fingerprint density at radius 1 is 1.26 bits per heavy atom. The maximum Gasteiger partial charge on any atom is 0.175 e. The van der Waals surface area contributed by atoms with Crippen LogP contribution in [0.4, 0.5) is 5.82 Å². The standard InChI is InChI=1S/C15H20N2O2/c1-9(2)10(3)14-13(15(16)17-19-14)11-6-5-7-12(8-11)18-4/h5-10H,1-4H3,(H2,16,17). The van der Waals surface area contributed by atoms with E-state index in [1.165, 1.54) is 0 Å². The minimum atomic E-state index is 0.256. The average Bonchev–Trinajstić information content (AvgIpc) is 2.79. The molecule has 0 radical (unpaired) electrons. The fourth-order valence-electron chi connectivity index (χ4n) is 2.00. The van der Waals surface area contributed by atoms with Crippen molar-refractivity contribution in [1.82, 2.24) is 5.16 Å². The van der Waals surface area contributed by atoms with E-state index in [1.54, 1.807) is 7.11 Å². The summed E-state index contributed by atoms with van der Waals surface area (Å²) < 4.78 is 10.7. The first-order valence-electron chi connectivity index (χ1n) is 6.44. The molecule has 0 aliphatic carbocycles. The van der Waals surface area contributed by atoms with Gasteiger partial charge in [-0.2, -0.15) is 0 Å². The van der Waals surface area contributed by atoms with Crippen LogP contribution in [0.2, 0.25) is 0 Å². The minimum absolute atomic E-state index is 0.256. The van der Waals surface area contributed by atoms with E-state index in [0.29, 0.717) is 11.7 Å². The SMILES string of the molecule is COc1cccc(-c2c(N)noc2C(C)C(C)C)c1. The molecular weight excluding hydrogens is 240 g/mol. The second kappa shape index (κ2) is 5.34. The summed E-state index contributed by atoms with van der Waals surface area (Å²) in [5.74, 6) is 2.76. The molecule has 1 heterocycles. The first-order valence-corrected chi connectivity index (χ1v) is 6.44. The monoisotopic (exact) mass is 260 g/mol. The van der Waals surface area contributed by atoms with Crippen LogP contribution in [0.3, 0.4) is 0 Å². The Hall–Kier alpha value is -1.97. The van der Waals surface area contributed by atoms with E-state index < -0.39 is 0 Å². The van der Waals surface area contributed by atoms with Crippen LogP contribution < -0.4 is 10.5 Å². The Morgan fingerprint density at radius 3 is 2.63 bits per heavy atom. The zero-order valence-electron chi connectivity index (χ0n) is 11.8. The zero-order chi connectivity index (χ0) is 14.0. The highest BCUT2D eigenvalue weighted by atomic mass is 16.5. The highest BCUT2D eigenvalue weighted by Crippen LogP contribution is 2.37. The first kappa shape index (κ1) is 13.5. The van der Waals surface area contributed by atoms with Crippen LogP contribution in [0.1, 0.15) is 32.4 Å². The fourth-order valence-corrected chi connectivity index (χ4v) is 2.00. The van der Waals surface area contributed by atoms with Gasteiger partial charge in [0.15, 0.2) is 5.82 Å². The number of nitrogen functional groups attached to an aromatic ring is 1. The molecule has 1 aromatic heterocycles. The topological polar surface area (TPSA) is 61.3 Å². The van der Waals surface area contributed by atoms with Gasteiger partial charge in [0.05, 0.1) is 12.7 Å². The maximum absolute atomic E-state index is 5.96. The molecular formula is C15H20N2O2. The lowest BCUT2D eigenvalue weighted by atomic mass is 9.91. The van der Waals surface area contributed by atoms with Crippen molar-refractivity contribution in [2.24, 2.45) is 5.92 Å². The second-order valence-electron chi connectivity index (χ2n) is 5.07. The quantitative estimate of drug-likeness (QED) is 0.910. The van der Waals surface area contributed by atoms with Crippen molar-refractivity contribution >= 4 is 5.82 Å². The van der Waals surface area contributed by atoms with Crippen LogP contribution in [-0.2, 0) is 0 Å². The van der Waals surface area contributed by atoms with E-state index in [9.17, 15) is 0 Å². The summed E-state index contributed by atoms with van der Waals surface area (Å²) in [6.45, 7) is 6.42. The summed E-state index contributed by atoms with van der Waals surface area (Å²) in [4.78, 5) is 0. The molecule has 2 aromatic rings. The van der Waals surface area contributed by atoms with Crippen LogP contribution in [0.5, 0.6) is 5.75 Å². The van der Waals surface area contributed by atoms with Gasteiger partial charge in [-0.3, -0.25) is 0 Å². The summed E-state index contributed by atoms with van der Waals surface area (Å²) in [6, 6.07) is 7.77. The van der Waals surface area contributed by atoms with Crippen LogP contribution >= 0.6 is 0 Å². The van der Waals surface area contributed by atoms with Gasteiger partial charge in [-0.05, 0) is 23.6 Å². The number of anilines is 1. The zero-order valence-corrected chi connectivity index (χ0v) is 11.8. The summed E-state index contributed by atoms with van der Waals surface area (Å²) in [5, 5.41) is 3.91. The van der Waals surface area contributed by atoms with Gasteiger partial charge in [0.1, 0.15) is 11.5 Å². The lowest BCUT2D eigenvalue weighted by Crippen LogP contribution is -2.02. The van der Waals surface area contributed by atoms with Crippen LogP contribution in [0.25, 0.3) is 11.1 Å². The molecule has 4 nitrogen and oxygen atoms in total. The molecule has 2 rings (SSSR count). The predicted octanol–water partition coefficient (Wildman–Crippen LogP) is 3.69. The third kappa shape index (κ3) is 2.57. The van der Waals surface area contributed by atoms with Gasteiger partial charge in [0.25, 0.3) is 0 Å². The highest BCUT2D eigenvalue weighted by Gasteiger charge is 2.23. The van der Waals surface area contributed by atoms with E-state index in [1.807, 2.05) is 24.3 Å². The molecule has 0 fully saturated rings. The van der Waals surface area contributed by atoms with E-state index in [0.717, 1.165) is 22.6 Å². The van der Waals surface area contributed by atoms with Gasteiger partial charge in [-0.15, -0.1) is 0 Å².